The third-order valence-corrected chi connectivity index (χ3v) is 1.75. The highest BCUT2D eigenvalue weighted by atomic mass is 16.6. The first-order valence-electron chi connectivity index (χ1n) is 4.80. The summed E-state index contributed by atoms with van der Waals surface area (Å²) in [5, 5.41) is 3.36. The maximum atomic E-state index is 11.5. The highest BCUT2D eigenvalue weighted by Gasteiger charge is 2.28. The molecule has 0 radical (unpaired) electrons. The van der Waals surface area contributed by atoms with Crippen LogP contribution in [-0.2, 0) is 14.3 Å². The van der Waals surface area contributed by atoms with Crippen molar-refractivity contribution < 1.29 is 14.3 Å². The van der Waals surface area contributed by atoms with E-state index < -0.39 is 5.41 Å². The van der Waals surface area contributed by atoms with Crippen molar-refractivity contribution in [1.29, 1.82) is 0 Å². The summed E-state index contributed by atoms with van der Waals surface area (Å²) in [5.74, 6) is -0.380. The quantitative estimate of drug-likeness (QED) is 0.214. The van der Waals surface area contributed by atoms with E-state index in [0.717, 1.165) is 0 Å². The van der Waals surface area contributed by atoms with Gasteiger partial charge in [0, 0.05) is 18.1 Å². The van der Waals surface area contributed by atoms with Crippen molar-refractivity contribution in [1.82, 2.24) is 0 Å². The van der Waals surface area contributed by atoms with Gasteiger partial charge in [0.25, 0.3) is 0 Å². The van der Waals surface area contributed by atoms with Crippen LogP contribution in [0.5, 0.6) is 0 Å². The Morgan fingerprint density at radius 2 is 2.13 bits per heavy atom. The number of carbonyl (C=O) groups is 1. The van der Waals surface area contributed by atoms with Crippen LogP contribution in [0.1, 0.15) is 20.8 Å². The molecular formula is C9H17N3O3. The summed E-state index contributed by atoms with van der Waals surface area (Å²) < 4.78 is 9.98. The number of carbonyl (C=O) groups excluding carboxylic acids is 1. The maximum Gasteiger partial charge on any atom is 0.311 e. The fraction of sp³-hybridized carbons (Fsp3) is 0.889. The van der Waals surface area contributed by atoms with Crippen molar-refractivity contribution in [3.05, 3.63) is 10.4 Å². The van der Waals surface area contributed by atoms with Crippen molar-refractivity contribution in [3.63, 3.8) is 0 Å². The van der Waals surface area contributed by atoms with E-state index >= 15 is 0 Å². The summed E-state index contributed by atoms with van der Waals surface area (Å²) in [6, 6.07) is 0. The van der Waals surface area contributed by atoms with Gasteiger partial charge >= 0.3 is 5.97 Å². The smallest absolute Gasteiger partial charge is 0.311 e. The Balaban J connectivity index is 3.90. The van der Waals surface area contributed by atoms with Crippen LogP contribution < -0.4 is 0 Å². The normalized spacial score (nSPS) is 10.6. The number of esters is 1. The molecule has 0 unspecified atom stereocenters. The Bertz CT molecular complexity index is 247. The molecule has 0 aromatic heterocycles. The van der Waals surface area contributed by atoms with Crippen LogP contribution in [0.3, 0.4) is 0 Å². The predicted octanol–water partition coefficient (Wildman–Crippen LogP) is 1.90. The fourth-order valence-corrected chi connectivity index (χ4v) is 0.806. The van der Waals surface area contributed by atoms with Gasteiger partial charge < -0.3 is 9.47 Å². The lowest BCUT2D eigenvalue weighted by Gasteiger charge is -2.19. The SMILES string of the molecule is CCOCCOC(=O)C(C)(C)CN=[N+]=[N-]. The number of hydrogen-bond acceptors (Lipinski definition) is 4. The second-order valence-corrected chi connectivity index (χ2v) is 3.61. The molecule has 0 aromatic carbocycles. The molecule has 0 saturated carbocycles. The molecule has 0 bridgehead atoms. The zero-order valence-electron chi connectivity index (χ0n) is 9.39. The molecule has 0 saturated heterocycles. The molecule has 0 atom stereocenters. The molecule has 0 spiro atoms. The van der Waals surface area contributed by atoms with E-state index in [4.69, 9.17) is 15.0 Å². The lowest BCUT2D eigenvalue weighted by molar-refractivity contribution is -0.154. The lowest BCUT2D eigenvalue weighted by atomic mass is 9.94. The number of rotatable bonds is 7. The van der Waals surface area contributed by atoms with Crippen molar-refractivity contribution in [2.24, 2.45) is 10.5 Å². The predicted molar refractivity (Wildman–Crippen MR) is 55.2 cm³/mol. The first kappa shape index (κ1) is 13.7. The van der Waals surface area contributed by atoms with Gasteiger partial charge in [0.05, 0.1) is 12.0 Å². The van der Waals surface area contributed by atoms with Crippen LogP contribution >= 0.6 is 0 Å². The Kier molecular flexibility index (Phi) is 6.49. The van der Waals surface area contributed by atoms with E-state index in [1.165, 1.54) is 0 Å². The molecule has 0 rings (SSSR count). The molecule has 0 aliphatic heterocycles. The van der Waals surface area contributed by atoms with Crippen LogP contribution in [0.4, 0.5) is 0 Å². The average Bonchev–Trinajstić information content (AvgIpc) is 2.21. The van der Waals surface area contributed by atoms with Gasteiger partial charge in [-0.3, -0.25) is 4.79 Å². The van der Waals surface area contributed by atoms with E-state index in [1.54, 1.807) is 13.8 Å². The largest absolute Gasteiger partial charge is 0.463 e. The second kappa shape index (κ2) is 7.09. The minimum atomic E-state index is -0.779. The van der Waals surface area contributed by atoms with Gasteiger partial charge in [0.15, 0.2) is 0 Å². The van der Waals surface area contributed by atoms with Gasteiger partial charge in [-0.05, 0) is 26.3 Å². The van der Waals surface area contributed by atoms with E-state index in [2.05, 4.69) is 10.0 Å². The van der Waals surface area contributed by atoms with E-state index in [9.17, 15) is 4.79 Å². The van der Waals surface area contributed by atoms with E-state index in [0.29, 0.717) is 13.2 Å². The van der Waals surface area contributed by atoms with Crippen LogP contribution in [-0.4, -0.2) is 32.3 Å². The fourth-order valence-electron chi connectivity index (χ4n) is 0.806. The number of nitrogens with zero attached hydrogens (tertiary/aromatic N) is 3. The molecular weight excluding hydrogens is 198 g/mol. The van der Waals surface area contributed by atoms with Crippen molar-refractivity contribution >= 4 is 5.97 Å². The Labute approximate surface area is 89.2 Å². The summed E-state index contributed by atoms with van der Waals surface area (Å²) >= 11 is 0. The van der Waals surface area contributed by atoms with Gasteiger partial charge in [-0.2, -0.15) is 0 Å². The highest BCUT2D eigenvalue weighted by Crippen LogP contribution is 2.17. The molecule has 6 nitrogen and oxygen atoms in total. The molecule has 0 aromatic rings. The Hall–Kier alpha value is -1.26. The summed E-state index contributed by atoms with van der Waals surface area (Å²) in [6.45, 7) is 6.52. The number of azide groups is 1. The van der Waals surface area contributed by atoms with Gasteiger partial charge in [0.2, 0.25) is 0 Å². The minimum absolute atomic E-state index is 0.0942. The zero-order valence-corrected chi connectivity index (χ0v) is 9.39. The average molecular weight is 215 g/mol. The van der Waals surface area contributed by atoms with E-state index in [-0.39, 0.29) is 19.1 Å². The number of ether oxygens (including phenoxy) is 2. The summed E-state index contributed by atoms with van der Waals surface area (Å²) in [7, 11) is 0. The van der Waals surface area contributed by atoms with Crippen molar-refractivity contribution in [3.8, 4) is 0 Å². The summed E-state index contributed by atoms with van der Waals surface area (Å²) in [6.07, 6.45) is 0. The molecule has 6 heteroatoms. The highest BCUT2D eigenvalue weighted by molar-refractivity contribution is 5.76. The third kappa shape index (κ3) is 5.93. The summed E-state index contributed by atoms with van der Waals surface area (Å²) in [5.41, 5.74) is 7.36. The lowest BCUT2D eigenvalue weighted by Crippen LogP contribution is -2.30. The Morgan fingerprint density at radius 1 is 1.47 bits per heavy atom. The standard InChI is InChI=1S/C9H17N3O3/c1-4-14-5-6-15-8(13)9(2,3)7-11-12-10/h4-7H2,1-3H3. The first-order chi connectivity index (χ1) is 7.04. The van der Waals surface area contributed by atoms with Crippen molar-refractivity contribution in [2.75, 3.05) is 26.4 Å². The van der Waals surface area contributed by atoms with Gasteiger partial charge in [-0.25, -0.2) is 0 Å². The summed E-state index contributed by atoms with van der Waals surface area (Å²) in [4.78, 5) is 14.1. The Morgan fingerprint density at radius 3 is 2.67 bits per heavy atom. The monoisotopic (exact) mass is 215 g/mol. The molecule has 86 valence electrons. The molecule has 0 fully saturated rings. The van der Waals surface area contributed by atoms with Crippen LogP contribution in [0.25, 0.3) is 10.4 Å². The second-order valence-electron chi connectivity index (χ2n) is 3.61. The third-order valence-electron chi connectivity index (χ3n) is 1.75. The zero-order chi connectivity index (χ0) is 11.7. The molecule has 0 aliphatic rings. The van der Waals surface area contributed by atoms with Crippen molar-refractivity contribution in [2.45, 2.75) is 20.8 Å². The van der Waals surface area contributed by atoms with Gasteiger partial charge in [-0.15, -0.1) is 0 Å². The van der Waals surface area contributed by atoms with Gasteiger partial charge in [-0.1, -0.05) is 5.11 Å². The minimum Gasteiger partial charge on any atom is -0.463 e. The molecule has 0 heterocycles. The molecule has 0 aliphatic carbocycles. The molecule has 15 heavy (non-hydrogen) atoms. The number of hydrogen-bond donors (Lipinski definition) is 0. The topological polar surface area (TPSA) is 84.3 Å². The molecule has 0 N–H and O–H groups in total. The molecule has 0 amide bonds. The van der Waals surface area contributed by atoms with Gasteiger partial charge in [0.1, 0.15) is 6.61 Å². The van der Waals surface area contributed by atoms with Crippen LogP contribution in [0.2, 0.25) is 0 Å². The van der Waals surface area contributed by atoms with E-state index in [1.807, 2.05) is 6.92 Å². The van der Waals surface area contributed by atoms with Crippen LogP contribution in [0.15, 0.2) is 5.11 Å². The van der Waals surface area contributed by atoms with Crippen LogP contribution in [0, 0.1) is 5.41 Å². The maximum absolute atomic E-state index is 11.5. The first-order valence-corrected chi connectivity index (χ1v) is 4.80.